The van der Waals surface area contributed by atoms with Crippen LogP contribution >= 0.6 is 0 Å². The molecule has 8 nitrogen and oxygen atoms in total. The summed E-state index contributed by atoms with van der Waals surface area (Å²) in [6, 6.07) is 4.30. The lowest BCUT2D eigenvalue weighted by Gasteiger charge is -2.19. The van der Waals surface area contributed by atoms with Crippen LogP contribution in [0, 0.1) is 0 Å². The largest absolute Gasteiger partial charge is 0.493 e. The first-order valence-corrected chi connectivity index (χ1v) is 7.18. The first-order valence-electron chi connectivity index (χ1n) is 7.18. The number of rotatable bonds is 8. The highest BCUT2D eigenvalue weighted by Gasteiger charge is 2.12. The fourth-order valence-corrected chi connectivity index (χ4v) is 1.86. The third kappa shape index (κ3) is 5.85. The quantitative estimate of drug-likeness (QED) is 0.549. The summed E-state index contributed by atoms with van der Waals surface area (Å²) >= 11 is 0. The number of likely N-dealkylation sites (N-methyl/N-ethyl adjacent to an activating group) is 1. The molecule has 126 valence electrons. The molecule has 0 aliphatic carbocycles. The van der Waals surface area contributed by atoms with E-state index in [4.69, 9.17) is 15.2 Å². The van der Waals surface area contributed by atoms with Gasteiger partial charge in [-0.15, -0.1) is 0 Å². The fraction of sp³-hybridized carbons (Fsp3) is 0.400. The summed E-state index contributed by atoms with van der Waals surface area (Å²) in [6.07, 6.45) is 1.41. The van der Waals surface area contributed by atoms with Gasteiger partial charge in [0.15, 0.2) is 18.1 Å². The van der Waals surface area contributed by atoms with E-state index < -0.39 is 6.03 Å². The molecule has 0 saturated carbocycles. The molecule has 0 unspecified atom stereocenters. The average Bonchev–Trinajstić information content (AvgIpc) is 2.54. The zero-order valence-electron chi connectivity index (χ0n) is 13.5. The number of primary amides is 1. The van der Waals surface area contributed by atoms with Crippen LogP contribution in [-0.2, 0) is 4.79 Å². The van der Waals surface area contributed by atoms with Gasteiger partial charge in [-0.1, -0.05) is 0 Å². The number of benzene rings is 1. The summed E-state index contributed by atoms with van der Waals surface area (Å²) in [7, 11) is 1.50. The van der Waals surface area contributed by atoms with Crippen molar-refractivity contribution in [3.05, 3.63) is 23.8 Å². The lowest BCUT2D eigenvalue weighted by molar-refractivity contribution is -0.132. The Labute approximate surface area is 135 Å². The molecule has 0 aliphatic heterocycles. The van der Waals surface area contributed by atoms with Crippen molar-refractivity contribution < 1.29 is 19.1 Å². The highest BCUT2D eigenvalue weighted by atomic mass is 16.5. The van der Waals surface area contributed by atoms with Crippen LogP contribution in [0.1, 0.15) is 19.4 Å². The lowest BCUT2D eigenvalue weighted by Crippen LogP contribution is -2.34. The minimum Gasteiger partial charge on any atom is -0.493 e. The third-order valence-corrected chi connectivity index (χ3v) is 3.04. The monoisotopic (exact) mass is 322 g/mol. The van der Waals surface area contributed by atoms with Gasteiger partial charge in [0.2, 0.25) is 0 Å². The van der Waals surface area contributed by atoms with Crippen LogP contribution in [0.15, 0.2) is 23.3 Å². The van der Waals surface area contributed by atoms with Gasteiger partial charge in [-0.05, 0) is 37.6 Å². The highest BCUT2D eigenvalue weighted by molar-refractivity contribution is 5.82. The van der Waals surface area contributed by atoms with E-state index in [1.54, 1.807) is 23.1 Å². The van der Waals surface area contributed by atoms with Crippen LogP contribution in [0.3, 0.4) is 0 Å². The smallest absolute Gasteiger partial charge is 0.332 e. The van der Waals surface area contributed by atoms with Crippen LogP contribution in [0.2, 0.25) is 0 Å². The standard InChI is InChI=1S/C15H22N4O4/c1-4-19(5-2)14(20)10-23-12-7-6-11(8-13(12)22-3)9-17-18-15(16)21/h6-9H,4-5,10H2,1-3H3,(H3,16,18,21). The van der Waals surface area contributed by atoms with E-state index in [2.05, 4.69) is 10.5 Å². The van der Waals surface area contributed by atoms with Gasteiger partial charge in [-0.2, -0.15) is 5.10 Å². The Balaban J connectivity index is 2.74. The van der Waals surface area contributed by atoms with E-state index in [9.17, 15) is 9.59 Å². The van der Waals surface area contributed by atoms with Crippen molar-refractivity contribution in [3.63, 3.8) is 0 Å². The molecule has 1 aromatic rings. The number of methoxy groups -OCH3 is 1. The molecule has 0 fully saturated rings. The molecular formula is C15H22N4O4. The van der Waals surface area contributed by atoms with E-state index in [0.717, 1.165) is 0 Å². The van der Waals surface area contributed by atoms with Crippen molar-refractivity contribution in [1.29, 1.82) is 0 Å². The Morgan fingerprint density at radius 3 is 2.57 bits per heavy atom. The van der Waals surface area contributed by atoms with Crippen LogP contribution in [0.25, 0.3) is 0 Å². The topological polar surface area (TPSA) is 106 Å². The van der Waals surface area contributed by atoms with Crippen molar-refractivity contribution in [3.8, 4) is 11.5 Å². The minimum atomic E-state index is -0.747. The second-order valence-electron chi connectivity index (χ2n) is 4.50. The first-order chi connectivity index (χ1) is 11.0. The molecule has 0 saturated heterocycles. The van der Waals surface area contributed by atoms with Crippen molar-refractivity contribution in [1.82, 2.24) is 10.3 Å². The predicted molar refractivity (Wildman–Crippen MR) is 86.7 cm³/mol. The zero-order chi connectivity index (χ0) is 17.2. The number of nitrogens with zero attached hydrogens (tertiary/aromatic N) is 2. The van der Waals surface area contributed by atoms with Crippen LogP contribution in [0.5, 0.6) is 11.5 Å². The SMILES string of the molecule is CCN(CC)C(=O)COc1ccc(C=NNC(N)=O)cc1OC. The van der Waals surface area contributed by atoms with Crippen molar-refractivity contribution >= 4 is 18.2 Å². The van der Waals surface area contributed by atoms with E-state index >= 15 is 0 Å². The average molecular weight is 322 g/mol. The second kappa shape index (κ2) is 9.29. The molecule has 0 aromatic heterocycles. The summed E-state index contributed by atoms with van der Waals surface area (Å²) in [5.74, 6) is 0.821. The van der Waals surface area contributed by atoms with Gasteiger partial charge in [-0.3, -0.25) is 4.79 Å². The fourth-order valence-electron chi connectivity index (χ4n) is 1.86. The molecule has 0 spiro atoms. The van der Waals surface area contributed by atoms with Gasteiger partial charge in [0.25, 0.3) is 5.91 Å². The van der Waals surface area contributed by atoms with E-state index in [1.165, 1.54) is 13.3 Å². The van der Waals surface area contributed by atoms with Gasteiger partial charge < -0.3 is 20.1 Å². The molecule has 1 rings (SSSR count). The normalized spacial score (nSPS) is 10.4. The number of amides is 3. The van der Waals surface area contributed by atoms with Gasteiger partial charge in [0.1, 0.15) is 0 Å². The lowest BCUT2D eigenvalue weighted by atomic mass is 10.2. The number of hydrazone groups is 1. The Morgan fingerprint density at radius 1 is 1.30 bits per heavy atom. The van der Waals surface area contributed by atoms with Crippen LogP contribution < -0.4 is 20.6 Å². The predicted octanol–water partition coefficient (Wildman–Crippen LogP) is 0.945. The Morgan fingerprint density at radius 2 is 2.00 bits per heavy atom. The summed E-state index contributed by atoms with van der Waals surface area (Å²) in [5, 5.41) is 3.66. The van der Waals surface area contributed by atoms with Gasteiger partial charge in [0.05, 0.1) is 13.3 Å². The van der Waals surface area contributed by atoms with Gasteiger partial charge in [0, 0.05) is 13.1 Å². The third-order valence-electron chi connectivity index (χ3n) is 3.04. The first kappa shape index (κ1) is 18.3. The summed E-state index contributed by atoms with van der Waals surface area (Å²) in [4.78, 5) is 24.2. The molecule has 0 atom stereocenters. The Bertz CT molecular complexity index is 571. The maximum absolute atomic E-state index is 11.9. The number of nitrogens with two attached hydrogens (primary N) is 1. The molecule has 0 bridgehead atoms. The van der Waals surface area contributed by atoms with Gasteiger partial charge in [-0.25, -0.2) is 10.2 Å². The number of ether oxygens (including phenoxy) is 2. The number of carbonyl (C=O) groups excluding carboxylic acids is 2. The zero-order valence-corrected chi connectivity index (χ0v) is 13.5. The molecule has 8 heteroatoms. The van der Waals surface area contributed by atoms with Crippen LogP contribution in [0.4, 0.5) is 4.79 Å². The number of hydrogen-bond donors (Lipinski definition) is 2. The number of hydrogen-bond acceptors (Lipinski definition) is 5. The summed E-state index contributed by atoms with van der Waals surface area (Å²) < 4.78 is 10.8. The summed E-state index contributed by atoms with van der Waals surface area (Å²) in [5.41, 5.74) is 7.68. The van der Waals surface area contributed by atoms with Gasteiger partial charge >= 0.3 is 6.03 Å². The number of carbonyl (C=O) groups is 2. The van der Waals surface area contributed by atoms with E-state index in [1.807, 2.05) is 13.8 Å². The maximum Gasteiger partial charge on any atom is 0.332 e. The molecule has 0 aliphatic rings. The molecular weight excluding hydrogens is 300 g/mol. The van der Waals surface area contributed by atoms with Crippen LogP contribution in [-0.4, -0.2) is 49.9 Å². The maximum atomic E-state index is 11.9. The Kier molecular flexibility index (Phi) is 7.38. The molecule has 1 aromatic carbocycles. The molecule has 3 N–H and O–H groups in total. The highest BCUT2D eigenvalue weighted by Crippen LogP contribution is 2.27. The second-order valence-corrected chi connectivity index (χ2v) is 4.50. The van der Waals surface area contributed by atoms with E-state index in [-0.39, 0.29) is 12.5 Å². The minimum absolute atomic E-state index is 0.0608. The number of urea groups is 1. The van der Waals surface area contributed by atoms with Crippen molar-refractivity contribution in [2.75, 3.05) is 26.8 Å². The number of nitrogens with one attached hydrogen (secondary N) is 1. The molecule has 0 heterocycles. The molecule has 23 heavy (non-hydrogen) atoms. The van der Waals surface area contributed by atoms with Crippen molar-refractivity contribution in [2.45, 2.75) is 13.8 Å². The van der Waals surface area contributed by atoms with Crippen molar-refractivity contribution in [2.24, 2.45) is 10.8 Å². The van der Waals surface area contributed by atoms with E-state index in [0.29, 0.717) is 30.2 Å². The Hall–Kier alpha value is -2.77. The molecule has 0 radical (unpaired) electrons. The molecule has 3 amide bonds. The summed E-state index contributed by atoms with van der Waals surface area (Å²) in [6.45, 7) is 5.04.